The van der Waals surface area contributed by atoms with Gasteiger partial charge in [0.05, 0.1) is 0 Å². The molecule has 1 saturated heterocycles. The summed E-state index contributed by atoms with van der Waals surface area (Å²) in [6, 6.07) is 3.92. The average Bonchev–Trinajstić information content (AvgIpc) is 2.55. The minimum Gasteiger partial charge on any atom is -0.354 e. The summed E-state index contributed by atoms with van der Waals surface area (Å²) in [5.41, 5.74) is 3.36. The van der Waals surface area contributed by atoms with Crippen molar-refractivity contribution in [1.29, 1.82) is 0 Å². The second-order valence-corrected chi connectivity index (χ2v) is 5.26. The van der Waals surface area contributed by atoms with Gasteiger partial charge in [-0.05, 0) is 25.5 Å². The second-order valence-electron chi connectivity index (χ2n) is 5.26. The topological polar surface area (TPSA) is 53.9 Å². The summed E-state index contributed by atoms with van der Waals surface area (Å²) in [6.45, 7) is 8.27. The first-order chi connectivity index (χ1) is 10.3. The van der Waals surface area contributed by atoms with E-state index in [4.69, 9.17) is 4.98 Å². The highest BCUT2D eigenvalue weighted by Crippen LogP contribution is 2.25. The fourth-order valence-electron chi connectivity index (χ4n) is 2.76. The molecular weight excluding hydrogens is 262 g/mol. The molecule has 1 fully saturated rings. The van der Waals surface area contributed by atoms with Crippen LogP contribution in [0.25, 0.3) is 11.4 Å². The molecule has 0 spiro atoms. The summed E-state index contributed by atoms with van der Waals surface area (Å²) in [6.07, 6.45) is 4.53. The smallest absolute Gasteiger partial charge is 0.161 e. The third-order valence-electron chi connectivity index (χ3n) is 3.90. The molecule has 3 rings (SSSR count). The summed E-state index contributed by atoms with van der Waals surface area (Å²) < 4.78 is 0. The van der Waals surface area contributed by atoms with Crippen molar-refractivity contribution in [2.75, 3.05) is 31.1 Å². The van der Waals surface area contributed by atoms with Crippen LogP contribution in [0.2, 0.25) is 0 Å². The largest absolute Gasteiger partial charge is 0.354 e. The number of anilines is 1. The van der Waals surface area contributed by atoms with Crippen LogP contribution in [0.15, 0.2) is 24.5 Å². The van der Waals surface area contributed by atoms with Gasteiger partial charge < -0.3 is 10.2 Å². The van der Waals surface area contributed by atoms with Gasteiger partial charge in [0, 0.05) is 55.4 Å². The maximum atomic E-state index is 4.86. The zero-order valence-corrected chi connectivity index (χ0v) is 12.6. The van der Waals surface area contributed by atoms with Crippen molar-refractivity contribution in [2.45, 2.75) is 20.3 Å². The third-order valence-corrected chi connectivity index (χ3v) is 3.90. The molecule has 0 aliphatic carbocycles. The maximum absolute atomic E-state index is 4.86. The normalized spacial score (nSPS) is 15.2. The Bertz CT molecular complexity index is 606. The molecule has 1 aliphatic rings. The Kier molecular flexibility index (Phi) is 4.10. The summed E-state index contributed by atoms with van der Waals surface area (Å²) in [4.78, 5) is 16.0. The molecule has 110 valence electrons. The average molecular weight is 283 g/mol. The van der Waals surface area contributed by atoms with Gasteiger partial charge in [-0.1, -0.05) is 6.92 Å². The lowest BCUT2D eigenvalue weighted by Crippen LogP contribution is -2.44. The SMILES string of the molecule is CCc1c(C)nc(-c2ccncc2)nc1N1CCNCC1. The first-order valence-electron chi connectivity index (χ1n) is 7.53. The van der Waals surface area contributed by atoms with Gasteiger partial charge >= 0.3 is 0 Å². The number of piperazine rings is 1. The van der Waals surface area contributed by atoms with E-state index in [1.165, 1.54) is 5.56 Å². The van der Waals surface area contributed by atoms with E-state index in [0.29, 0.717) is 0 Å². The third kappa shape index (κ3) is 2.88. The first kappa shape index (κ1) is 13.9. The molecule has 0 aromatic carbocycles. The van der Waals surface area contributed by atoms with Crippen LogP contribution < -0.4 is 10.2 Å². The number of aryl methyl sites for hydroxylation is 1. The molecule has 0 saturated carbocycles. The molecule has 0 bridgehead atoms. The molecule has 0 atom stereocenters. The van der Waals surface area contributed by atoms with E-state index in [2.05, 4.69) is 34.0 Å². The van der Waals surface area contributed by atoms with E-state index >= 15 is 0 Å². The first-order valence-corrected chi connectivity index (χ1v) is 7.53. The van der Waals surface area contributed by atoms with Gasteiger partial charge in [-0.15, -0.1) is 0 Å². The summed E-state index contributed by atoms with van der Waals surface area (Å²) in [7, 11) is 0. The van der Waals surface area contributed by atoms with Crippen molar-refractivity contribution in [3.8, 4) is 11.4 Å². The lowest BCUT2D eigenvalue weighted by Gasteiger charge is -2.30. The molecule has 3 heterocycles. The van der Waals surface area contributed by atoms with Gasteiger partial charge in [0.2, 0.25) is 0 Å². The zero-order chi connectivity index (χ0) is 14.7. The van der Waals surface area contributed by atoms with Crippen molar-refractivity contribution >= 4 is 5.82 Å². The quantitative estimate of drug-likeness (QED) is 0.931. The van der Waals surface area contributed by atoms with E-state index in [0.717, 1.165) is 55.5 Å². The highest BCUT2D eigenvalue weighted by Gasteiger charge is 2.18. The Balaban J connectivity index is 2.06. The van der Waals surface area contributed by atoms with Gasteiger partial charge in [-0.3, -0.25) is 4.98 Å². The summed E-state index contributed by atoms with van der Waals surface area (Å²) in [5, 5.41) is 3.39. The second kappa shape index (κ2) is 6.18. The molecule has 0 unspecified atom stereocenters. The highest BCUT2D eigenvalue weighted by atomic mass is 15.2. The summed E-state index contributed by atoms with van der Waals surface area (Å²) in [5.74, 6) is 1.89. The fraction of sp³-hybridized carbons (Fsp3) is 0.438. The lowest BCUT2D eigenvalue weighted by atomic mass is 10.1. The molecule has 0 amide bonds. The van der Waals surface area contributed by atoms with Gasteiger partial charge in [0.1, 0.15) is 5.82 Å². The minimum absolute atomic E-state index is 0.792. The molecule has 21 heavy (non-hydrogen) atoms. The van der Waals surface area contributed by atoms with E-state index in [1.54, 1.807) is 12.4 Å². The standard InChI is InChI=1S/C16H21N5/c1-3-14-12(2)19-15(13-4-6-17-7-5-13)20-16(14)21-10-8-18-9-11-21/h4-7,18H,3,8-11H2,1-2H3. The van der Waals surface area contributed by atoms with Gasteiger partial charge in [0.15, 0.2) is 5.82 Å². The fourth-order valence-corrected chi connectivity index (χ4v) is 2.76. The van der Waals surface area contributed by atoms with E-state index in [1.807, 2.05) is 12.1 Å². The van der Waals surface area contributed by atoms with Crippen molar-refractivity contribution < 1.29 is 0 Å². The molecule has 5 nitrogen and oxygen atoms in total. The Labute approximate surface area is 125 Å². The van der Waals surface area contributed by atoms with Crippen molar-refractivity contribution in [2.24, 2.45) is 0 Å². The molecule has 1 aliphatic heterocycles. The number of nitrogens with zero attached hydrogens (tertiary/aromatic N) is 4. The summed E-state index contributed by atoms with van der Waals surface area (Å²) >= 11 is 0. The van der Waals surface area contributed by atoms with Gasteiger partial charge in [-0.2, -0.15) is 0 Å². The van der Waals surface area contributed by atoms with Crippen molar-refractivity contribution in [1.82, 2.24) is 20.3 Å². The van der Waals surface area contributed by atoms with E-state index in [-0.39, 0.29) is 0 Å². The van der Waals surface area contributed by atoms with Crippen LogP contribution in [0.5, 0.6) is 0 Å². The molecular formula is C16H21N5. The maximum Gasteiger partial charge on any atom is 0.161 e. The molecule has 5 heteroatoms. The van der Waals surface area contributed by atoms with Crippen LogP contribution in [0.4, 0.5) is 5.82 Å². The predicted octanol–water partition coefficient (Wildman–Crippen LogP) is 1.82. The van der Waals surface area contributed by atoms with Crippen molar-refractivity contribution in [3.63, 3.8) is 0 Å². The Hall–Kier alpha value is -2.01. The van der Waals surface area contributed by atoms with Crippen LogP contribution >= 0.6 is 0 Å². The Morgan fingerprint density at radius 1 is 1.14 bits per heavy atom. The van der Waals surface area contributed by atoms with Crippen LogP contribution in [0.1, 0.15) is 18.2 Å². The monoisotopic (exact) mass is 283 g/mol. The van der Waals surface area contributed by atoms with Crippen LogP contribution in [0, 0.1) is 6.92 Å². The Morgan fingerprint density at radius 3 is 2.52 bits per heavy atom. The van der Waals surface area contributed by atoms with Gasteiger partial charge in [0.25, 0.3) is 0 Å². The highest BCUT2D eigenvalue weighted by molar-refractivity contribution is 5.60. The number of hydrogen-bond donors (Lipinski definition) is 1. The van der Waals surface area contributed by atoms with E-state index < -0.39 is 0 Å². The molecule has 0 radical (unpaired) electrons. The predicted molar refractivity (Wildman–Crippen MR) is 84.5 cm³/mol. The van der Waals surface area contributed by atoms with Gasteiger partial charge in [-0.25, -0.2) is 9.97 Å². The molecule has 2 aromatic rings. The number of aromatic nitrogens is 3. The number of rotatable bonds is 3. The van der Waals surface area contributed by atoms with Crippen LogP contribution in [-0.2, 0) is 6.42 Å². The zero-order valence-electron chi connectivity index (χ0n) is 12.6. The van der Waals surface area contributed by atoms with Crippen LogP contribution in [0.3, 0.4) is 0 Å². The number of pyridine rings is 1. The number of nitrogens with one attached hydrogen (secondary N) is 1. The minimum atomic E-state index is 0.792. The molecule has 2 aromatic heterocycles. The number of hydrogen-bond acceptors (Lipinski definition) is 5. The van der Waals surface area contributed by atoms with Crippen molar-refractivity contribution in [3.05, 3.63) is 35.8 Å². The van der Waals surface area contributed by atoms with E-state index in [9.17, 15) is 0 Å². The Morgan fingerprint density at radius 2 is 1.86 bits per heavy atom. The van der Waals surface area contributed by atoms with Crippen LogP contribution in [-0.4, -0.2) is 41.1 Å². The molecule has 1 N–H and O–H groups in total. The lowest BCUT2D eigenvalue weighted by molar-refractivity contribution is 0.582.